The number of urea groups is 1. The van der Waals surface area contributed by atoms with Gasteiger partial charge in [-0.25, -0.2) is 14.5 Å². The smallest absolute Gasteiger partial charge is 0.315 e. The summed E-state index contributed by atoms with van der Waals surface area (Å²) in [6, 6.07) is 14.9. The van der Waals surface area contributed by atoms with E-state index in [0.717, 1.165) is 122 Å². The molecule has 3 N–H and O–H groups in total. The highest BCUT2D eigenvalue weighted by Crippen LogP contribution is 2.33. The van der Waals surface area contributed by atoms with E-state index in [2.05, 4.69) is 82.1 Å². The second kappa shape index (κ2) is 15.8. The summed E-state index contributed by atoms with van der Waals surface area (Å²) in [6.45, 7) is 12.4. The van der Waals surface area contributed by atoms with Crippen LogP contribution < -0.4 is 20.7 Å². The molecule has 0 spiro atoms. The number of nitrogens with zero attached hydrogens (tertiary/aromatic N) is 5. The molecule has 2 aromatic heterocycles. The van der Waals surface area contributed by atoms with E-state index in [1.807, 2.05) is 23.0 Å². The van der Waals surface area contributed by atoms with Gasteiger partial charge in [-0.05, 0) is 68.1 Å². The Balaban J connectivity index is 1.14. The third kappa shape index (κ3) is 7.91. The highest BCUT2D eigenvalue weighted by atomic mass is 16.5. The summed E-state index contributed by atoms with van der Waals surface area (Å²) in [5, 5.41) is 15.5. The minimum Gasteiger partial charge on any atom is -0.496 e. The van der Waals surface area contributed by atoms with Crippen LogP contribution >= 0.6 is 0 Å². The van der Waals surface area contributed by atoms with Crippen molar-refractivity contribution >= 4 is 22.8 Å². The maximum Gasteiger partial charge on any atom is 0.315 e. The number of aryl methyl sites for hydroxylation is 2. The van der Waals surface area contributed by atoms with E-state index in [1.54, 1.807) is 7.11 Å². The Morgan fingerprint density at radius 1 is 1.00 bits per heavy atom. The van der Waals surface area contributed by atoms with Crippen LogP contribution in [-0.2, 0) is 37.3 Å². The molecule has 4 aromatic rings. The van der Waals surface area contributed by atoms with E-state index in [0.29, 0.717) is 19.1 Å². The summed E-state index contributed by atoms with van der Waals surface area (Å²) >= 11 is 0. The molecule has 0 atom stereocenters. The van der Waals surface area contributed by atoms with E-state index in [-0.39, 0.29) is 6.03 Å². The zero-order valence-electron chi connectivity index (χ0n) is 28.8. The number of carbonyl (C=O) groups is 1. The predicted molar refractivity (Wildman–Crippen MR) is 190 cm³/mol. The molecule has 2 aliphatic heterocycles. The van der Waals surface area contributed by atoms with Crippen LogP contribution in [0.25, 0.3) is 22.2 Å². The van der Waals surface area contributed by atoms with Crippen molar-refractivity contribution in [1.29, 1.82) is 0 Å². The first-order valence-corrected chi connectivity index (χ1v) is 17.4. The monoisotopic (exact) mass is 654 g/mol. The SMILES string of the molecule is CCc1nc2c(cnn2CC)c(NC2CCOCC2)c1CNC(=O)NCc1ccc(OC)c(-c2cccc(CN3CCN(C)CC3)c2)c1. The van der Waals surface area contributed by atoms with Gasteiger partial charge in [0.2, 0.25) is 0 Å². The number of likely N-dealkylation sites (N-methyl/N-ethyl adjacent to an activating group) is 1. The Kier molecular flexibility index (Phi) is 11.1. The lowest BCUT2D eigenvalue weighted by Crippen LogP contribution is -2.43. The number of pyridine rings is 1. The van der Waals surface area contributed by atoms with Gasteiger partial charge in [-0.2, -0.15) is 5.10 Å². The Morgan fingerprint density at radius 3 is 2.54 bits per heavy atom. The number of hydrogen-bond acceptors (Lipinski definition) is 8. The number of rotatable bonds is 12. The fourth-order valence-corrected chi connectivity index (χ4v) is 6.71. The largest absolute Gasteiger partial charge is 0.496 e. The molecule has 2 aliphatic rings. The van der Waals surface area contributed by atoms with Gasteiger partial charge in [-0.1, -0.05) is 31.2 Å². The molecule has 11 nitrogen and oxygen atoms in total. The van der Waals surface area contributed by atoms with Crippen molar-refractivity contribution in [3.8, 4) is 16.9 Å². The number of nitrogens with one attached hydrogen (secondary N) is 3. The summed E-state index contributed by atoms with van der Waals surface area (Å²) < 4.78 is 13.3. The minimum atomic E-state index is -0.232. The molecule has 6 rings (SSSR count). The zero-order valence-corrected chi connectivity index (χ0v) is 28.8. The van der Waals surface area contributed by atoms with E-state index in [4.69, 9.17) is 14.5 Å². The van der Waals surface area contributed by atoms with Crippen LogP contribution in [0.2, 0.25) is 0 Å². The summed E-state index contributed by atoms with van der Waals surface area (Å²) in [5.41, 5.74) is 8.26. The lowest BCUT2D eigenvalue weighted by atomic mass is 9.99. The standard InChI is InChI=1S/C37H50N8O3/c1-5-33-31(35(41-29-12-18-48-19-13-29)32-24-40-45(6-2)36(32)42-33)23-39-37(46)38-22-26-10-11-34(47-4)30(21-26)28-9-7-8-27(20-28)25-44-16-14-43(3)15-17-44/h7-11,20-21,24,29H,5-6,12-19,22-23,25H2,1-4H3,(H,41,42)(H2,38,39,46). The quantitative estimate of drug-likeness (QED) is 0.195. The number of aromatic nitrogens is 3. The van der Waals surface area contributed by atoms with Crippen LogP contribution in [0.15, 0.2) is 48.7 Å². The van der Waals surface area contributed by atoms with Crippen molar-refractivity contribution < 1.29 is 14.3 Å². The van der Waals surface area contributed by atoms with Gasteiger partial charge >= 0.3 is 6.03 Å². The first kappa shape index (κ1) is 33.7. The highest BCUT2D eigenvalue weighted by molar-refractivity contribution is 5.92. The fourth-order valence-electron chi connectivity index (χ4n) is 6.71. The molecule has 4 heterocycles. The molecule has 2 aromatic carbocycles. The van der Waals surface area contributed by atoms with Crippen molar-refractivity contribution in [3.05, 3.63) is 71.0 Å². The van der Waals surface area contributed by atoms with Crippen LogP contribution in [0, 0.1) is 0 Å². The minimum absolute atomic E-state index is 0.232. The molecule has 2 amide bonds. The number of anilines is 1. The van der Waals surface area contributed by atoms with Gasteiger partial charge in [0, 0.05) is 88.4 Å². The van der Waals surface area contributed by atoms with E-state index in [9.17, 15) is 4.79 Å². The van der Waals surface area contributed by atoms with Crippen molar-refractivity contribution in [2.45, 2.75) is 65.3 Å². The van der Waals surface area contributed by atoms with Crippen LogP contribution in [0.4, 0.5) is 10.5 Å². The van der Waals surface area contributed by atoms with Gasteiger partial charge in [0.1, 0.15) is 5.75 Å². The first-order chi connectivity index (χ1) is 23.4. The Hall–Kier alpha value is -4.19. The summed E-state index contributed by atoms with van der Waals surface area (Å²) in [7, 11) is 3.88. The van der Waals surface area contributed by atoms with Crippen molar-refractivity contribution in [1.82, 2.24) is 35.2 Å². The van der Waals surface area contributed by atoms with Crippen LogP contribution in [-0.4, -0.2) is 90.2 Å². The molecular formula is C37H50N8O3. The van der Waals surface area contributed by atoms with Crippen molar-refractivity contribution in [2.24, 2.45) is 0 Å². The van der Waals surface area contributed by atoms with Gasteiger partial charge in [0.05, 0.1) is 24.4 Å². The maximum atomic E-state index is 13.2. The highest BCUT2D eigenvalue weighted by Gasteiger charge is 2.22. The Morgan fingerprint density at radius 2 is 1.79 bits per heavy atom. The lowest BCUT2D eigenvalue weighted by molar-refractivity contribution is 0.0904. The molecule has 0 radical (unpaired) electrons. The first-order valence-electron chi connectivity index (χ1n) is 17.4. The van der Waals surface area contributed by atoms with Crippen LogP contribution in [0.5, 0.6) is 5.75 Å². The average Bonchev–Trinajstić information content (AvgIpc) is 3.54. The van der Waals surface area contributed by atoms with Crippen LogP contribution in [0.3, 0.4) is 0 Å². The van der Waals surface area contributed by atoms with Crippen molar-refractivity contribution in [2.75, 3.05) is 58.9 Å². The molecule has 256 valence electrons. The van der Waals surface area contributed by atoms with Crippen LogP contribution in [0.1, 0.15) is 49.1 Å². The summed E-state index contributed by atoms with van der Waals surface area (Å²) in [4.78, 5) is 23.1. The van der Waals surface area contributed by atoms with Crippen molar-refractivity contribution in [3.63, 3.8) is 0 Å². The zero-order chi connectivity index (χ0) is 33.5. The molecule has 0 saturated carbocycles. The number of methoxy groups -OCH3 is 1. The predicted octanol–water partition coefficient (Wildman–Crippen LogP) is 5.03. The van der Waals surface area contributed by atoms with Gasteiger partial charge in [-0.3, -0.25) is 4.90 Å². The lowest BCUT2D eigenvalue weighted by Gasteiger charge is -2.32. The number of fused-ring (bicyclic) bond motifs is 1. The van der Waals surface area contributed by atoms with Gasteiger partial charge in [-0.15, -0.1) is 0 Å². The van der Waals surface area contributed by atoms with E-state index >= 15 is 0 Å². The number of piperazine rings is 1. The number of ether oxygens (including phenoxy) is 2. The topological polar surface area (TPSA) is 109 Å². The molecule has 48 heavy (non-hydrogen) atoms. The van der Waals surface area contributed by atoms with E-state index in [1.165, 1.54) is 5.56 Å². The molecular weight excluding hydrogens is 604 g/mol. The van der Waals surface area contributed by atoms with Gasteiger partial charge in [0.25, 0.3) is 0 Å². The number of carbonyl (C=O) groups excluding carboxylic acids is 1. The van der Waals surface area contributed by atoms with E-state index < -0.39 is 0 Å². The Labute approximate surface area is 284 Å². The van der Waals surface area contributed by atoms with Gasteiger partial charge < -0.3 is 30.3 Å². The number of amides is 2. The summed E-state index contributed by atoms with van der Waals surface area (Å²) in [6.07, 6.45) is 4.51. The normalized spacial score (nSPS) is 16.2. The second-order valence-electron chi connectivity index (χ2n) is 12.8. The molecule has 2 saturated heterocycles. The van der Waals surface area contributed by atoms with Gasteiger partial charge in [0.15, 0.2) is 5.65 Å². The summed E-state index contributed by atoms with van der Waals surface area (Å²) in [5.74, 6) is 0.811. The third-order valence-electron chi connectivity index (χ3n) is 9.56. The number of benzene rings is 2. The number of hydrogen-bond donors (Lipinski definition) is 3. The average molecular weight is 655 g/mol. The molecule has 2 fully saturated rings. The molecule has 0 bridgehead atoms. The fraction of sp³-hybridized carbons (Fsp3) is 0.486. The second-order valence-corrected chi connectivity index (χ2v) is 12.8. The molecule has 0 unspecified atom stereocenters. The molecule has 0 aliphatic carbocycles. The molecule has 11 heteroatoms. The third-order valence-corrected chi connectivity index (χ3v) is 9.56. The maximum absolute atomic E-state index is 13.2. The Bertz CT molecular complexity index is 1690.